The summed E-state index contributed by atoms with van der Waals surface area (Å²) in [6.45, 7) is 7.69. The van der Waals surface area contributed by atoms with Gasteiger partial charge in [-0.25, -0.2) is 0 Å². The first-order chi connectivity index (χ1) is 9.56. The largest absolute Gasteiger partial charge is 0.507 e. The van der Waals surface area contributed by atoms with Crippen molar-refractivity contribution < 1.29 is 14.6 Å². The molecule has 0 atom stereocenters. The van der Waals surface area contributed by atoms with Crippen LogP contribution in [0.1, 0.15) is 24.2 Å². The van der Waals surface area contributed by atoms with Crippen molar-refractivity contribution in [3.05, 3.63) is 23.8 Å². The minimum Gasteiger partial charge on any atom is -0.507 e. The van der Waals surface area contributed by atoms with E-state index in [1.807, 2.05) is 13.8 Å². The molecule has 1 aromatic rings. The smallest absolute Gasteiger partial charge is 0.180 e. The first-order valence-electron chi connectivity index (χ1n) is 7.02. The van der Waals surface area contributed by atoms with Gasteiger partial charge in [-0.05, 0) is 32.0 Å². The molecule has 0 aromatic heterocycles. The highest BCUT2D eigenvalue weighted by molar-refractivity contribution is 6.00. The summed E-state index contributed by atoms with van der Waals surface area (Å²) >= 11 is 0. The number of phenols is 1. The van der Waals surface area contributed by atoms with Crippen molar-refractivity contribution in [1.29, 1.82) is 0 Å². The molecule has 1 fully saturated rings. The third-order valence-electron chi connectivity index (χ3n) is 3.22. The molecule has 0 saturated carbocycles. The maximum atomic E-state index is 12.3. The van der Waals surface area contributed by atoms with Crippen LogP contribution in [0.5, 0.6) is 11.5 Å². The van der Waals surface area contributed by atoms with Gasteiger partial charge in [-0.2, -0.15) is 0 Å². The summed E-state index contributed by atoms with van der Waals surface area (Å²) in [6.07, 6.45) is 0.0377. The maximum absolute atomic E-state index is 12.3. The predicted octanol–water partition coefficient (Wildman–Crippen LogP) is 1.27. The number of nitrogens with one attached hydrogen (secondary N) is 1. The molecule has 1 saturated heterocycles. The number of rotatable bonds is 5. The summed E-state index contributed by atoms with van der Waals surface area (Å²) in [5.41, 5.74) is 0.335. The average Bonchev–Trinajstić information content (AvgIpc) is 2.41. The standard InChI is InChI=1S/C15H22N2O3/c1-11(2)20-12-3-4-14(18)13(9-12)15(19)10-17-7-5-16-6-8-17/h3-4,9,11,16,18H,5-8,10H2,1-2H3. The molecule has 110 valence electrons. The topological polar surface area (TPSA) is 61.8 Å². The highest BCUT2D eigenvalue weighted by Crippen LogP contribution is 2.24. The van der Waals surface area contributed by atoms with Crippen molar-refractivity contribution in [1.82, 2.24) is 10.2 Å². The van der Waals surface area contributed by atoms with Crippen LogP contribution in [0.3, 0.4) is 0 Å². The van der Waals surface area contributed by atoms with Gasteiger partial charge >= 0.3 is 0 Å². The normalized spacial score (nSPS) is 16.4. The Labute approximate surface area is 119 Å². The maximum Gasteiger partial charge on any atom is 0.180 e. The number of Topliss-reactive ketones (excluding diaryl/α,β-unsaturated/α-hetero) is 1. The minimum atomic E-state index is -0.0707. The molecule has 0 radical (unpaired) electrons. The van der Waals surface area contributed by atoms with Gasteiger partial charge in [-0.3, -0.25) is 9.69 Å². The lowest BCUT2D eigenvalue weighted by atomic mass is 10.1. The zero-order valence-electron chi connectivity index (χ0n) is 12.1. The van der Waals surface area contributed by atoms with E-state index in [2.05, 4.69) is 10.2 Å². The average molecular weight is 278 g/mol. The number of nitrogens with zero attached hydrogens (tertiary/aromatic N) is 1. The SMILES string of the molecule is CC(C)Oc1ccc(O)c(C(=O)CN2CCNCC2)c1. The molecule has 2 rings (SSSR count). The molecule has 5 nitrogen and oxygen atoms in total. The van der Waals surface area contributed by atoms with Crippen molar-refractivity contribution in [2.75, 3.05) is 32.7 Å². The fraction of sp³-hybridized carbons (Fsp3) is 0.533. The Morgan fingerprint density at radius 1 is 1.40 bits per heavy atom. The Balaban J connectivity index is 2.07. The van der Waals surface area contributed by atoms with Gasteiger partial charge in [0.25, 0.3) is 0 Å². The van der Waals surface area contributed by atoms with Gasteiger partial charge in [0.05, 0.1) is 18.2 Å². The van der Waals surface area contributed by atoms with Gasteiger partial charge in [0.1, 0.15) is 11.5 Å². The number of piperazine rings is 1. The number of carbonyl (C=O) groups is 1. The van der Waals surface area contributed by atoms with Crippen LogP contribution in [-0.2, 0) is 0 Å². The number of ether oxygens (including phenoxy) is 1. The third-order valence-corrected chi connectivity index (χ3v) is 3.22. The molecule has 0 spiro atoms. The molecule has 20 heavy (non-hydrogen) atoms. The van der Waals surface area contributed by atoms with Gasteiger partial charge in [-0.1, -0.05) is 0 Å². The number of hydrogen-bond donors (Lipinski definition) is 2. The molecule has 1 aliphatic heterocycles. The number of carbonyl (C=O) groups excluding carboxylic acids is 1. The number of benzene rings is 1. The van der Waals surface area contributed by atoms with Gasteiger partial charge < -0.3 is 15.2 Å². The summed E-state index contributed by atoms with van der Waals surface area (Å²) in [6, 6.07) is 4.82. The Morgan fingerprint density at radius 2 is 2.10 bits per heavy atom. The Kier molecular flexibility index (Phi) is 4.98. The Bertz CT molecular complexity index is 468. The lowest BCUT2D eigenvalue weighted by Gasteiger charge is -2.26. The van der Waals surface area contributed by atoms with Crippen molar-refractivity contribution in [3.8, 4) is 11.5 Å². The van der Waals surface area contributed by atoms with Gasteiger partial charge in [0.2, 0.25) is 0 Å². The van der Waals surface area contributed by atoms with Gasteiger partial charge in [-0.15, -0.1) is 0 Å². The van der Waals surface area contributed by atoms with Crippen LogP contribution in [-0.4, -0.2) is 54.6 Å². The van der Waals surface area contributed by atoms with Crippen LogP contribution in [0, 0.1) is 0 Å². The van der Waals surface area contributed by atoms with E-state index in [1.165, 1.54) is 6.07 Å². The Morgan fingerprint density at radius 3 is 2.75 bits per heavy atom. The first-order valence-corrected chi connectivity index (χ1v) is 7.02. The summed E-state index contributed by atoms with van der Waals surface area (Å²) in [7, 11) is 0. The zero-order chi connectivity index (χ0) is 14.5. The molecular formula is C15H22N2O3. The van der Waals surface area contributed by atoms with Crippen molar-refractivity contribution in [2.24, 2.45) is 0 Å². The zero-order valence-corrected chi connectivity index (χ0v) is 12.1. The number of ketones is 1. The first kappa shape index (κ1) is 14.8. The summed E-state index contributed by atoms with van der Waals surface area (Å²) < 4.78 is 5.56. The second kappa shape index (κ2) is 6.72. The van der Waals surface area contributed by atoms with Gasteiger partial charge in [0, 0.05) is 26.2 Å². The fourth-order valence-corrected chi connectivity index (χ4v) is 2.24. The van der Waals surface area contributed by atoms with Crippen molar-refractivity contribution in [2.45, 2.75) is 20.0 Å². The van der Waals surface area contributed by atoms with Crippen LogP contribution in [0.15, 0.2) is 18.2 Å². The van der Waals surface area contributed by atoms with E-state index in [-0.39, 0.29) is 17.6 Å². The van der Waals surface area contributed by atoms with E-state index in [0.29, 0.717) is 17.9 Å². The van der Waals surface area contributed by atoms with Gasteiger partial charge in [0.15, 0.2) is 5.78 Å². The second-order valence-corrected chi connectivity index (χ2v) is 5.29. The number of aromatic hydroxyl groups is 1. The monoisotopic (exact) mass is 278 g/mol. The second-order valence-electron chi connectivity index (χ2n) is 5.29. The molecule has 1 aliphatic rings. The molecule has 0 bridgehead atoms. The molecule has 0 unspecified atom stereocenters. The summed E-state index contributed by atoms with van der Waals surface area (Å²) in [5.74, 6) is 0.557. The molecule has 5 heteroatoms. The van der Waals surface area contributed by atoms with Crippen molar-refractivity contribution >= 4 is 5.78 Å². The quantitative estimate of drug-likeness (QED) is 0.794. The lowest BCUT2D eigenvalue weighted by Crippen LogP contribution is -2.45. The molecule has 1 aromatic carbocycles. The molecular weight excluding hydrogens is 256 g/mol. The van der Waals surface area contributed by atoms with Crippen molar-refractivity contribution in [3.63, 3.8) is 0 Å². The van der Waals surface area contributed by atoms with E-state index in [4.69, 9.17) is 4.74 Å². The summed E-state index contributed by atoms with van der Waals surface area (Å²) in [4.78, 5) is 14.4. The summed E-state index contributed by atoms with van der Waals surface area (Å²) in [5, 5.41) is 13.1. The molecule has 0 amide bonds. The fourth-order valence-electron chi connectivity index (χ4n) is 2.24. The van der Waals surface area contributed by atoms with Crippen LogP contribution in [0.25, 0.3) is 0 Å². The van der Waals surface area contributed by atoms with E-state index >= 15 is 0 Å². The van der Waals surface area contributed by atoms with Crippen LogP contribution in [0.2, 0.25) is 0 Å². The predicted molar refractivity (Wildman–Crippen MR) is 77.5 cm³/mol. The van der Waals surface area contributed by atoms with E-state index < -0.39 is 0 Å². The number of hydrogen-bond acceptors (Lipinski definition) is 5. The molecule has 2 N–H and O–H groups in total. The van der Waals surface area contributed by atoms with Crippen LogP contribution < -0.4 is 10.1 Å². The third kappa shape index (κ3) is 3.95. The van der Waals surface area contributed by atoms with Crippen LogP contribution >= 0.6 is 0 Å². The lowest BCUT2D eigenvalue weighted by molar-refractivity contribution is 0.0918. The van der Waals surface area contributed by atoms with Crippen LogP contribution in [0.4, 0.5) is 0 Å². The molecule has 0 aliphatic carbocycles. The highest BCUT2D eigenvalue weighted by Gasteiger charge is 2.18. The van der Waals surface area contributed by atoms with E-state index in [1.54, 1.807) is 12.1 Å². The Hall–Kier alpha value is -1.59. The number of phenolic OH excluding ortho intramolecular Hbond substituents is 1. The highest BCUT2D eigenvalue weighted by atomic mass is 16.5. The minimum absolute atomic E-state index is 0.0150. The van der Waals surface area contributed by atoms with E-state index in [0.717, 1.165) is 26.2 Å². The molecule has 1 heterocycles. The van der Waals surface area contributed by atoms with E-state index in [9.17, 15) is 9.90 Å².